The summed E-state index contributed by atoms with van der Waals surface area (Å²) in [6.07, 6.45) is 0. The molecule has 1 aromatic rings. The molecule has 0 heterocycles. The first-order valence-corrected chi connectivity index (χ1v) is 4.60. The van der Waals surface area contributed by atoms with E-state index in [2.05, 4.69) is 10.6 Å². The second-order valence-corrected chi connectivity index (χ2v) is 2.99. The number of nitrogens with one attached hydrogen (secondary N) is 2. The van der Waals surface area contributed by atoms with Crippen molar-refractivity contribution < 1.29 is 4.74 Å². The summed E-state index contributed by atoms with van der Waals surface area (Å²) in [4.78, 5) is 0. The van der Waals surface area contributed by atoms with E-state index in [0.29, 0.717) is 5.69 Å². The van der Waals surface area contributed by atoms with E-state index >= 15 is 0 Å². The van der Waals surface area contributed by atoms with Gasteiger partial charge in [-0.2, -0.15) is 0 Å². The number of nitrogen functional groups attached to an aromatic ring is 1. The van der Waals surface area contributed by atoms with Gasteiger partial charge in [-0.15, -0.1) is 0 Å². The standard InChI is InChI=1S/C10H17N3O/c1-12-5-6-13-9-4-3-8(11)7-10(9)14-2/h3-4,7,12-13H,5-6,11H2,1-2H3. The van der Waals surface area contributed by atoms with Crippen LogP contribution in [0.5, 0.6) is 5.75 Å². The van der Waals surface area contributed by atoms with Crippen LogP contribution in [0.1, 0.15) is 0 Å². The molecule has 0 radical (unpaired) electrons. The van der Waals surface area contributed by atoms with Gasteiger partial charge in [0, 0.05) is 24.8 Å². The van der Waals surface area contributed by atoms with Gasteiger partial charge in [-0.3, -0.25) is 0 Å². The highest BCUT2D eigenvalue weighted by Crippen LogP contribution is 2.26. The lowest BCUT2D eigenvalue weighted by Crippen LogP contribution is -2.17. The Labute approximate surface area is 84.4 Å². The fourth-order valence-electron chi connectivity index (χ4n) is 1.18. The Kier molecular flexibility index (Phi) is 4.07. The van der Waals surface area contributed by atoms with Crippen LogP contribution in [0.25, 0.3) is 0 Å². The second-order valence-electron chi connectivity index (χ2n) is 2.99. The summed E-state index contributed by atoms with van der Waals surface area (Å²) in [6, 6.07) is 5.58. The van der Waals surface area contributed by atoms with Crippen molar-refractivity contribution in [1.29, 1.82) is 0 Å². The van der Waals surface area contributed by atoms with E-state index in [-0.39, 0.29) is 0 Å². The van der Waals surface area contributed by atoms with Gasteiger partial charge in [0.25, 0.3) is 0 Å². The average Bonchev–Trinajstić information content (AvgIpc) is 2.20. The third-order valence-corrected chi connectivity index (χ3v) is 1.92. The number of hydrogen-bond donors (Lipinski definition) is 3. The van der Waals surface area contributed by atoms with Crippen molar-refractivity contribution in [2.75, 3.05) is 38.3 Å². The summed E-state index contributed by atoms with van der Waals surface area (Å²) < 4.78 is 5.19. The van der Waals surface area contributed by atoms with E-state index in [9.17, 15) is 0 Å². The number of rotatable bonds is 5. The molecule has 14 heavy (non-hydrogen) atoms. The lowest BCUT2D eigenvalue weighted by atomic mass is 10.2. The highest BCUT2D eigenvalue weighted by Gasteiger charge is 2.01. The molecule has 0 aliphatic heterocycles. The highest BCUT2D eigenvalue weighted by molar-refractivity contribution is 5.62. The summed E-state index contributed by atoms with van der Waals surface area (Å²) in [5.74, 6) is 0.779. The van der Waals surface area contributed by atoms with Crippen LogP contribution in [-0.2, 0) is 0 Å². The van der Waals surface area contributed by atoms with Gasteiger partial charge in [0.15, 0.2) is 0 Å². The van der Waals surface area contributed by atoms with Crippen LogP contribution in [0.4, 0.5) is 11.4 Å². The third kappa shape index (κ3) is 2.81. The molecule has 0 aliphatic carbocycles. The molecule has 0 saturated carbocycles. The van der Waals surface area contributed by atoms with Crippen molar-refractivity contribution in [2.24, 2.45) is 0 Å². The highest BCUT2D eigenvalue weighted by atomic mass is 16.5. The van der Waals surface area contributed by atoms with E-state index in [1.807, 2.05) is 25.2 Å². The first-order valence-electron chi connectivity index (χ1n) is 4.60. The molecule has 0 unspecified atom stereocenters. The summed E-state index contributed by atoms with van der Waals surface area (Å²) in [5, 5.41) is 6.31. The molecule has 4 N–H and O–H groups in total. The monoisotopic (exact) mass is 195 g/mol. The van der Waals surface area contributed by atoms with Crippen LogP contribution in [0.3, 0.4) is 0 Å². The van der Waals surface area contributed by atoms with Crippen molar-refractivity contribution >= 4 is 11.4 Å². The van der Waals surface area contributed by atoms with Gasteiger partial charge in [-0.25, -0.2) is 0 Å². The molecular formula is C10H17N3O. The zero-order chi connectivity index (χ0) is 10.4. The topological polar surface area (TPSA) is 59.3 Å². The maximum absolute atomic E-state index is 5.64. The summed E-state index contributed by atoms with van der Waals surface area (Å²) in [6.45, 7) is 1.77. The Morgan fingerprint density at radius 2 is 2.14 bits per heavy atom. The fourth-order valence-corrected chi connectivity index (χ4v) is 1.18. The van der Waals surface area contributed by atoms with Crippen molar-refractivity contribution in [3.63, 3.8) is 0 Å². The number of likely N-dealkylation sites (N-methyl/N-ethyl adjacent to an activating group) is 1. The molecule has 0 saturated heterocycles. The minimum atomic E-state index is 0.709. The normalized spacial score (nSPS) is 9.86. The Morgan fingerprint density at radius 3 is 2.79 bits per heavy atom. The van der Waals surface area contributed by atoms with E-state index < -0.39 is 0 Å². The summed E-state index contributed by atoms with van der Waals surface area (Å²) in [5.41, 5.74) is 7.32. The molecule has 78 valence electrons. The molecule has 0 spiro atoms. The van der Waals surface area contributed by atoms with Gasteiger partial charge in [0.1, 0.15) is 5.75 Å². The van der Waals surface area contributed by atoms with E-state index in [4.69, 9.17) is 10.5 Å². The molecule has 0 atom stereocenters. The van der Waals surface area contributed by atoms with Gasteiger partial charge < -0.3 is 21.1 Å². The van der Waals surface area contributed by atoms with Crippen molar-refractivity contribution in [1.82, 2.24) is 5.32 Å². The smallest absolute Gasteiger partial charge is 0.143 e. The minimum Gasteiger partial charge on any atom is -0.495 e. The van der Waals surface area contributed by atoms with Gasteiger partial charge in [-0.05, 0) is 19.2 Å². The van der Waals surface area contributed by atoms with Crippen LogP contribution in [0.2, 0.25) is 0 Å². The molecule has 4 nitrogen and oxygen atoms in total. The Hall–Kier alpha value is -1.42. The largest absolute Gasteiger partial charge is 0.495 e. The predicted molar refractivity (Wildman–Crippen MR) is 59.8 cm³/mol. The van der Waals surface area contributed by atoms with Crippen LogP contribution >= 0.6 is 0 Å². The molecule has 0 aromatic heterocycles. The molecule has 0 bridgehead atoms. The van der Waals surface area contributed by atoms with Gasteiger partial charge in [0.05, 0.1) is 12.8 Å². The van der Waals surface area contributed by atoms with Crippen LogP contribution in [-0.4, -0.2) is 27.2 Å². The number of benzene rings is 1. The molecule has 1 aromatic carbocycles. The van der Waals surface area contributed by atoms with Gasteiger partial charge in [0.2, 0.25) is 0 Å². The lowest BCUT2D eigenvalue weighted by Gasteiger charge is -2.11. The third-order valence-electron chi connectivity index (χ3n) is 1.92. The molecule has 0 aliphatic rings. The number of anilines is 2. The maximum atomic E-state index is 5.64. The molecule has 0 fully saturated rings. The van der Waals surface area contributed by atoms with Gasteiger partial charge in [-0.1, -0.05) is 0 Å². The Bertz CT molecular complexity index is 289. The summed E-state index contributed by atoms with van der Waals surface area (Å²) >= 11 is 0. The molecular weight excluding hydrogens is 178 g/mol. The van der Waals surface area contributed by atoms with Crippen LogP contribution in [0.15, 0.2) is 18.2 Å². The number of hydrogen-bond acceptors (Lipinski definition) is 4. The molecule has 0 amide bonds. The molecule has 1 rings (SSSR count). The average molecular weight is 195 g/mol. The zero-order valence-electron chi connectivity index (χ0n) is 8.63. The number of nitrogens with two attached hydrogens (primary N) is 1. The Morgan fingerprint density at radius 1 is 1.36 bits per heavy atom. The Balaban J connectivity index is 2.65. The second kappa shape index (κ2) is 5.34. The summed E-state index contributed by atoms with van der Waals surface area (Å²) in [7, 11) is 3.56. The van der Waals surface area contributed by atoms with Crippen LogP contribution < -0.4 is 21.1 Å². The van der Waals surface area contributed by atoms with Crippen molar-refractivity contribution in [2.45, 2.75) is 0 Å². The quantitative estimate of drug-likeness (QED) is 0.483. The van der Waals surface area contributed by atoms with Gasteiger partial charge >= 0.3 is 0 Å². The van der Waals surface area contributed by atoms with E-state index in [1.54, 1.807) is 7.11 Å². The minimum absolute atomic E-state index is 0.709. The first-order chi connectivity index (χ1) is 6.77. The zero-order valence-corrected chi connectivity index (χ0v) is 8.63. The fraction of sp³-hybridized carbons (Fsp3) is 0.400. The number of methoxy groups -OCH3 is 1. The predicted octanol–water partition coefficient (Wildman–Crippen LogP) is 0.909. The van der Waals surface area contributed by atoms with E-state index in [0.717, 1.165) is 24.5 Å². The van der Waals surface area contributed by atoms with Crippen molar-refractivity contribution in [3.8, 4) is 5.75 Å². The SMILES string of the molecule is CNCCNc1ccc(N)cc1OC. The maximum Gasteiger partial charge on any atom is 0.143 e. The number of ether oxygens (including phenoxy) is 1. The lowest BCUT2D eigenvalue weighted by molar-refractivity contribution is 0.416. The van der Waals surface area contributed by atoms with Crippen molar-refractivity contribution in [3.05, 3.63) is 18.2 Å². The molecule has 4 heteroatoms. The van der Waals surface area contributed by atoms with E-state index in [1.165, 1.54) is 0 Å². The first kappa shape index (κ1) is 10.7. The van der Waals surface area contributed by atoms with Crippen LogP contribution in [0, 0.1) is 0 Å².